The minimum absolute atomic E-state index is 0.191. The summed E-state index contributed by atoms with van der Waals surface area (Å²) in [6.45, 7) is 0.439. The third-order valence-corrected chi connectivity index (χ3v) is 9.46. The first-order valence-electron chi connectivity index (χ1n) is 13.2. The van der Waals surface area contributed by atoms with Gasteiger partial charge < -0.3 is 24.3 Å². The number of H-pyrrole nitrogens is 1. The van der Waals surface area contributed by atoms with Gasteiger partial charge in [0.25, 0.3) is 0 Å². The SMILES string of the molecule is CS(=O)(=O)CC1CCC(c2ccc(-c3nc4c(C#N)c(O[C@@H]5CO[C@H]6[C@@H]5OC[C@H]6O)[nH]c4cc3Cl)cc2)CC1. The lowest BCUT2D eigenvalue weighted by Crippen LogP contribution is -2.34. The zero-order valence-corrected chi connectivity index (χ0v) is 23.0. The molecule has 3 aromatic rings. The van der Waals surface area contributed by atoms with E-state index in [0.717, 1.165) is 31.2 Å². The number of sulfone groups is 1. The molecule has 1 saturated carbocycles. The minimum Gasteiger partial charge on any atom is -0.469 e. The van der Waals surface area contributed by atoms with Crippen LogP contribution < -0.4 is 4.74 Å². The van der Waals surface area contributed by atoms with Crippen molar-refractivity contribution < 1.29 is 27.7 Å². The Labute approximate surface area is 232 Å². The van der Waals surface area contributed by atoms with Gasteiger partial charge in [0.2, 0.25) is 5.88 Å². The van der Waals surface area contributed by atoms with Gasteiger partial charge in [0.1, 0.15) is 45.3 Å². The van der Waals surface area contributed by atoms with Gasteiger partial charge >= 0.3 is 0 Å². The van der Waals surface area contributed by atoms with E-state index in [1.807, 2.05) is 12.1 Å². The predicted molar refractivity (Wildman–Crippen MR) is 146 cm³/mol. The maximum absolute atomic E-state index is 11.6. The molecule has 206 valence electrons. The summed E-state index contributed by atoms with van der Waals surface area (Å²) in [5.74, 6) is 1.19. The number of rotatable bonds is 6. The fourth-order valence-electron chi connectivity index (χ4n) is 6.16. The molecule has 0 unspecified atom stereocenters. The van der Waals surface area contributed by atoms with E-state index in [2.05, 4.69) is 23.2 Å². The van der Waals surface area contributed by atoms with Crippen LogP contribution in [0.25, 0.3) is 22.3 Å². The summed E-state index contributed by atoms with van der Waals surface area (Å²) in [5, 5.41) is 20.4. The van der Waals surface area contributed by atoms with Gasteiger partial charge in [0.05, 0.1) is 35.2 Å². The number of nitrogens with one attached hydrogen (secondary N) is 1. The van der Waals surface area contributed by atoms with Gasteiger partial charge in [0.15, 0.2) is 6.10 Å². The Kier molecular flexibility index (Phi) is 7.06. The van der Waals surface area contributed by atoms with Crippen molar-refractivity contribution in [1.29, 1.82) is 5.26 Å². The van der Waals surface area contributed by atoms with Crippen molar-refractivity contribution in [3.8, 4) is 23.2 Å². The van der Waals surface area contributed by atoms with Crippen LogP contribution in [0.1, 0.15) is 42.7 Å². The number of nitriles is 1. The molecule has 0 radical (unpaired) electrons. The fourth-order valence-corrected chi connectivity index (χ4v) is 7.61. The quantitative estimate of drug-likeness (QED) is 0.454. The molecule has 2 N–H and O–H groups in total. The molecule has 6 rings (SSSR count). The van der Waals surface area contributed by atoms with Gasteiger partial charge in [-0.1, -0.05) is 35.9 Å². The van der Waals surface area contributed by atoms with Crippen molar-refractivity contribution in [2.24, 2.45) is 5.92 Å². The van der Waals surface area contributed by atoms with Crippen LogP contribution >= 0.6 is 11.6 Å². The Morgan fingerprint density at radius 3 is 2.56 bits per heavy atom. The smallest absolute Gasteiger partial charge is 0.212 e. The van der Waals surface area contributed by atoms with Crippen LogP contribution in [-0.2, 0) is 19.3 Å². The molecule has 0 bridgehead atoms. The molecule has 2 saturated heterocycles. The average molecular weight is 572 g/mol. The van der Waals surface area contributed by atoms with Crippen LogP contribution in [0.5, 0.6) is 5.88 Å². The second kappa shape index (κ2) is 10.4. The molecular formula is C28H30ClN3O6S. The first kappa shape index (κ1) is 26.5. The van der Waals surface area contributed by atoms with E-state index in [1.54, 1.807) is 6.07 Å². The van der Waals surface area contributed by atoms with Crippen molar-refractivity contribution in [2.75, 3.05) is 25.2 Å². The Morgan fingerprint density at radius 2 is 1.87 bits per heavy atom. The van der Waals surface area contributed by atoms with E-state index >= 15 is 0 Å². The number of nitrogens with zero attached hydrogens (tertiary/aromatic N) is 2. The van der Waals surface area contributed by atoms with E-state index in [0.29, 0.717) is 27.7 Å². The summed E-state index contributed by atoms with van der Waals surface area (Å²) in [7, 11) is -2.95. The predicted octanol–water partition coefficient (Wildman–Crippen LogP) is 3.98. The zero-order chi connectivity index (χ0) is 27.3. The number of fused-ring (bicyclic) bond motifs is 2. The van der Waals surface area contributed by atoms with Crippen LogP contribution in [0, 0.1) is 17.2 Å². The molecule has 0 spiro atoms. The van der Waals surface area contributed by atoms with Crippen molar-refractivity contribution in [3.63, 3.8) is 0 Å². The number of ether oxygens (including phenoxy) is 3. The Hall–Kier alpha value is -2.68. The highest BCUT2D eigenvalue weighted by atomic mass is 35.5. The zero-order valence-electron chi connectivity index (χ0n) is 21.5. The van der Waals surface area contributed by atoms with Crippen LogP contribution in [-0.4, -0.2) is 73.1 Å². The number of aliphatic hydroxyl groups excluding tert-OH is 1. The average Bonchev–Trinajstić information content (AvgIpc) is 3.58. The minimum atomic E-state index is -2.95. The summed E-state index contributed by atoms with van der Waals surface area (Å²) >= 11 is 6.64. The van der Waals surface area contributed by atoms with Gasteiger partial charge in [-0.05, 0) is 49.1 Å². The van der Waals surface area contributed by atoms with E-state index in [9.17, 15) is 18.8 Å². The number of pyridine rings is 1. The van der Waals surface area contributed by atoms with E-state index in [-0.39, 0.29) is 36.3 Å². The molecule has 2 aromatic heterocycles. The van der Waals surface area contributed by atoms with Crippen molar-refractivity contribution in [1.82, 2.24) is 9.97 Å². The molecule has 4 atom stereocenters. The highest BCUT2D eigenvalue weighted by Gasteiger charge is 2.48. The molecule has 2 aliphatic heterocycles. The molecule has 39 heavy (non-hydrogen) atoms. The molecular weight excluding hydrogens is 542 g/mol. The highest BCUT2D eigenvalue weighted by molar-refractivity contribution is 7.90. The van der Waals surface area contributed by atoms with Crippen LogP contribution in [0.3, 0.4) is 0 Å². The van der Waals surface area contributed by atoms with Crippen molar-refractivity contribution >= 4 is 32.5 Å². The Bertz CT molecular complexity index is 1530. The second-order valence-electron chi connectivity index (χ2n) is 10.9. The lowest BCUT2D eigenvalue weighted by molar-refractivity contribution is 0.00789. The fraction of sp³-hybridized carbons (Fsp3) is 0.500. The first-order chi connectivity index (χ1) is 18.7. The molecule has 0 amide bonds. The van der Waals surface area contributed by atoms with Gasteiger partial charge in [-0.25, -0.2) is 13.4 Å². The second-order valence-corrected chi connectivity index (χ2v) is 13.5. The summed E-state index contributed by atoms with van der Waals surface area (Å²) in [4.78, 5) is 7.87. The van der Waals surface area contributed by atoms with Crippen LogP contribution in [0.2, 0.25) is 5.02 Å². The van der Waals surface area contributed by atoms with Crippen LogP contribution in [0.4, 0.5) is 0 Å². The summed E-state index contributed by atoms with van der Waals surface area (Å²) < 4.78 is 40.6. The maximum Gasteiger partial charge on any atom is 0.212 e. The number of hydrogen-bond donors (Lipinski definition) is 2. The van der Waals surface area contributed by atoms with Gasteiger partial charge in [-0.15, -0.1) is 0 Å². The largest absolute Gasteiger partial charge is 0.469 e. The maximum atomic E-state index is 11.6. The topological polar surface area (TPSA) is 135 Å². The standard InChI is InChI=1S/C28H30ClN3O6S/c1-39(34,35)14-15-2-4-16(5-3-15)17-6-8-18(9-7-17)24-20(29)10-21-25(32-24)19(11-30)28(31-21)38-23-13-37-26-22(33)12-36-27(23)26/h6-10,15-16,22-23,26-27,31,33H,2-5,12-14H2,1H3/t15?,16?,22-,23-,26-,27-/m1/s1. The molecule has 1 aliphatic carbocycles. The van der Waals surface area contributed by atoms with Crippen molar-refractivity contribution in [3.05, 3.63) is 46.5 Å². The normalized spacial score (nSPS) is 28.9. The first-order valence-corrected chi connectivity index (χ1v) is 15.6. The lowest BCUT2D eigenvalue weighted by atomic mass is 9.79. The summed E-state index contributed by atoms with van der Waals surface area (Å²) in [6.07, 6.45) is 3.10. The number of benzene rings is 1. The summed E-state index contributed by atoms with van der Waals surface area (Å²) in [6, 6.07) is 12.1. The van der Waals surface area contributed by atoms with Gasteiger partial charge in [-0.2, -0.15) is 5.26 Å². The molecule has 3 aliphatic rings. The molecule has 9 nitrogen and oxygen atoms in total. The van der Waals surface area contributed by atoms with E-state index in [1.165, 1.54) is 11.8 Å². The van der Waals surface area contributed by atoms with Gasteiger partial charge in [0, 0.05) is 11.8 Å². The third-order valence-electron chi connectivity index (χ3n) is 8.09. The van der Waals surface area contributed by atoms with E-state index < -0.39 is 34.3 Å². The monoisotopic (exact) mass is 571 g/mol. The highest BCUT2D eigenvalue weighted by Crippen LogP contribution is 2.39. The number of aromatic amines is 1. The number of aromatic nitrogens is 2. The lowest BCUT2D eigenvalue weighted by Gasteiger charge is -2.28. The van der Waals surface area contributed by atoms with E-state index in [4.69, 9.17) is 30.8 Å². The third kappa shape index (κ3) is 5.26. The number of halogens is 1. The van der Waals surface area contributed by atoms with Crippen LogP contribution in [0.15, 0.2) is 30.3 Å². The Balaban J connectivity index is 1.21. The number of aliphatic hydroxyl groups is 1. The van der Waals surface area contributed by atoms with Gasteiger partial charge in [-0.3, -0.25) is 0 Å². The molecule has 1 aromatic carbocycles. The molecule has 3 fully saturated rings. The molecule has 4 heterocycles. The Morgan fingerprint density at radius 1 is 1.15 bits per heavy atom. The summed E-state index contributed by atoms with van der Waals surface area (Å²) in [5.41, 5.74) is 3.95. The molecule has 11 heteroatoms. The number of hydrogen-bond acceptors (Lipinski definition) is 8. The van der Waals surface area contributed by atoms with Crippen molar-refractivity contribution in [2.45, 2.75) is 56.0 Å².